The number of carbonyl (C=O) groups excluding carboxylic acids is 1. The number of hydrogen-bond acceptors (Lipinski definition) is 2. The molecular formula is C26H24N2O. The zero-order chi connectivity index (χ0) is 20.4. The third-order valence-electron chi connectivity index (χ3n) is 5.20. The Morgan fingerprint density at radius 3 is 2.38 bits per heavy atom. The molecule has 3 heteroatoms. The van der Waals surface area contributed by atoms with E-state index < -0.39 is 0 Å². The minimum absolute atomic E-state index is 0.0857. The number of pyridine rings is 1. The van der Waals surface area contributed by atoms with E-state index in [4.69, 9.17) is 4.98 Å². The van der Waals surface area contributed by atoms with E-state index in [2.05, 4.69) is 55.6 Å². The summed E-state index contributed by atoms with van der Waals surface area (Å²) in [6.07, 6.45) is 0. The number of aryl methyl sites for hydroxylation is 2. The van der Waals surface area contributed by atoms with Gasteiger partial charge in [0.15, 0.2) is 0 Å². The fraction of sp³-hybridized carbons (Fsp3) is 0.154. The lowest BCUT2D eigenvalue weighted by Crippen LogP contribution is -2.27. The highest BCUT2D eigenvalue weighted by molar-refractivity contribution is 6.07. The molecule has 29 heavy (non-hydrogen) atoms. The van der Waals surface area contributed by atoms with E-state index in [9.17, 15) is 4.79 Å². The number of fused-ring (bicyclic) bond motifs is 1. The van der Waals surface area contributed by atoms with E-state index in [-0.39, 0.29) is 11.9 Å². The van der Waals surface area contributed by atoms with Gasteiger partial charge in [-0.05, 0) is 44.5 Å². The highest BCUT2D eigenvalue weighted by Crippen LogP contribution is 2.26. The number of amides is 1. The first-order valence-corrected chi connectivity index (χ1v) is 9.85. The normalized spacial score (nSPS) is 12.0. The van der Waals surface area contributed by atoms with Crippen molar-refractivity contribution in [3.63, 3.8) is 0 Å². The van der Waals surface area contributed by atoms with Crippen LogP contribution in [0, 0.1) is 13.8 Å². The Morgan fingerprint density at radius 2 is 1.62 bits per heavy atom. The summed E-state index contributed by atoms with van der Waals surface area (Å²) in [6, 6.07) is 26.0. The average molecular weight is 380 g/mol. The van der Waals surface area contributed by atoms with Crippen LogP contribution in [0.5, 0.6) is 0 Å². The molecule has 4 rings (SSSR count). The predicted octanol–water partition coefficient (Wildman–Crippen LogP) is 6.01. The van der Waals surface area contributed by atoms with Crippen LogP contribution in [0.3, 0.4) is 0 Å². The van der Waals surface area contributed by atoms with E-state index in [0.29, 0.717) is 5.56 Å². The first-order chi connectivity index (χ1) is 14.0. The predicted molar refractivity (Wildman–Crippen MR) is 119 cm³/mol. The molecule has 0 saturated heterocycles. The number of benzene rings is 3. The Morgan fingerprint density at radius 1 is 0.862 bits per heavy atom. The van der Waals surface area contributed by atoms with Crippen LogP contribution >= 0.6 is 0 Å². The van der Waals surface area contributed by atoms with Gasteiger partial charge in [0.25, 0.3) is 5.91 Å². The van der Waals surface area contributed by atoms with Crippen molar-refractivity contribution in [2.75, 3.05) is 0 Å². The molecule has 0 aliphatic rings. The van der Waals surface area contributed by atoms with Gasteiger partial charge in [0.1, 0.15) is 0 Å². The van der Waals surface area contributed by atoms with Gasteiger partial charge in [0.05, 0.1) is 22.8 Å². The van der Waals surface area contributed by atoms with Crippen molar-refractivity contribution in [2.24, 2.45) is 0 Å². The SMILES string of the molecule is Cc1ccc([C@@H](C)NC(=O)c2cc(-c3cccc(C)c3)nc3ccccc23)cc1. The van der Waals surface area contributed by atoms with Crippen molar-refractivity contribution in [1.29, 1.82) is 0 Å². The third-order valence-corrected chi connectivity index (χ3v) is 5.20. The second-order valence-corrected chi connectivity index (χ2v) is 7.55. The Labute approximate surface area is 171 Å². The molecule has 0 fully saturated rings. The van der Waals surface area contributed by atoms with Crippen LogP contribution in [-0.4, -0.2) is 10.9 Å². The molecule has 0 aliphatic heterocycles. The molecule has 3 aromatic carbocycles. The molecule has 1 heterocycles. The maximum atomic E-state index is 13.2. The van der Waals surface area contributed by atoms with Crippen LogP contribution in [0.4, 0.5) is 0 Å². The number of hydrogen-bond donors (Lipinski definition) is 1. The number of rotatable bonds is 4. The van der Waals surface area contributed by atoms with Gasteiger partial charge < -0.3 is 5.32 Å². The highest BCUT2D eigenvalue weighted by Gasteiger charge is 2.16. The quantitative estimate of drug-likeness (QED) is 0.471. The zero-order valence-electron chi connectivity index (χ0n) is 16.9. The van der Waals surface area contributed by atoms with E-state index in [0.717, 1.165) is 33.3 Å². The van der Waals surface area contributed by atoms with Crippen molar-refractivity contribution < 1.29 is 4.79 Å². The van der Waals surface area contributed by atoms with Crippen molar-refractivity contribution >= 4 is 16.8 Å². The van der Waals surface area contributed by atoms with Crippen LogP contribution in [0.25, 0.3) is 22.2 Å². The molecule has 0 aliphatic carbocycles. The van der Waals surface area contributed by atoms with Crippen LogP contribution in [0.15, 0.2) is 78.9 Å². The van der Waals surface area contributed by atoms with Gasteiger partial charge in [0, 0.05) is 10.9 Å². The molecule has 1 atom stereocenters. The number of para-hydroxylation sites is 1. The first-order valence-electron chi connectivity index (χ1n) is 9.85. The summed E-state index contributed by atoms with van der Waals surface area (Å²) in [7, 11) is 0. The summed E-state index contributed by atoms with van der Waals surface area (Å²) in [6.45, 7) is 6.12. The summed E-state index contributed by atoms with van der Waals surface area (Å²) in [4.78, 5) is 18.0. The third kappa shape index (κ3) is 4.04. The van der Waals surface area contributed by atoms with Gasteiger partial charge in [-0.25, -0.2) is 4.98 Å². The summed E-state index contributed by atoms with van der Waals surface area (Å²) >= 11 is 0. The second kappa shape index (κ2) is 7.88. The Hall–Kier alpha value is -3.46. The summed E-state index contributed by atoms with van der Waals surface area (Å²) < 4.78 is 0. The fourth-order valence-corrected chi connectivity index (χ4v) is 3.53. The molecule has 0 radical (unpaired) electrons. The maximum absolute atomic E-state index is 13.2. The number of aromatic nitrogens is 1. The van der Waals surface area contributed by atoms with Gasteiger partial charge in [-0.15, -0.1) is 0 Å². The Bertz CT molecular complexity index is 1180. The van der Waals surface area contributed by atoms with Crippen molar-refractivity contribution in [3.8, 4) is 11.3 Å². The van der Waals surface area contributed by atoms with Crippen molar-refractivity contribution in [3.05, 3.63) is 101 Å². The largest absolute Gasteiger partial charge is 0.345 e. The van der Waals surface area contributed by atoms with Crippen LogP contribution in [0.2, 0.25) is 0 Å². The maximum Gasteiger partial charge on any atom is 0.252 e. The molecule has 0 bridgehead atoms. The second-order valence-electron chi connectivity index (χ2n) is 7.55. The number of nitrogens with one attached hydrogen (secondary N) is 1. The van der Waals surface area contributed by atoms with Gasteiger partial charge in [-0.2, -0.15) is 0 Å². The van der Waals surface area contributed by atoms with E-state index >= 15 is 0 Å². The fourth-order valence-electron chi connectivity index (χ4n) is 3.53. The van der Waals surface area contributed by atoms with Crippen molar-refractivity contribution in [1.82, 2.24) is 10.3 Å². The smallest absolute Gasteiger partial charge is 0.252 e. The van der Waals surface area contributed by atoms with Gasteiger partial charge in [-0.3, -0.25) is 4.79 Å². The molecule has 0 spiro atoms. The van der Waals surface area contributed by atoms with Gasteiger partial charge in [-0.1, -0.05) is 71.8 Å². The monoisotopic (exact) mass is 380 g/mol. The topological polar surface area (TPSA) is 42.0 Å². The molecule has 1 aromatic heterocycles. The molecule has 1 amide bonds. The lowest BCUT2D eigenvalue weighted by molar-refractivity contribution is 0.0941. The lowest BCUT2D eigenvalue weighted by Gasteiger charge is -2.16. The molecule has 3 nitrogen and oxygen atoms in total. The summed E-state index contributed by atoms with van der Waals surface area (Å²) in [5, 5.41) is 4.01. The van der Waals surface area contributed by atoms with E-state index in [1.165, 1.54) is 5.56 Å². The Kier molecular flexibility index (Phi) is 5.13. The summed E-state index contributed by atoms with van der Waals surface area (Å²) in [5.41, 5.74) is 6.73. The van der Waals surface area contributed by atoms with Gasteiger partial charge in [0.2, 0.25) is 0 Å². The molecule has 1 N–H and O–H groups in total. The number of carbonyl (C=O) groups is 1. The van der Waals surface area contributed by atoms with E-state index in [1.54, 1.807) is 0 Å². The summed E-state index contributed by atoms with van der Waals surface area (Å²) in [5.74, 6) is -0.0921. The highest BCUT2D eigenvalue weighted by atomic mass is 16.1. The van der Waals surface area contributed by atoms with Crippen molar-refractivity contribution in [2.45, 2.75) is 26.8 Å². The first kappa shape index (κ1) is 18.9. The molecular weight excluding hydrogens is 356 g/mol. The molecule has 0 saturated carbocycles. The van der Waals surface area contributed by atoms with Crippen LogP contribution in [-0.2, 0) is 0 Å². The van der Waals surface area contributed by atoms with Gasteiger partial charge >= 0.3 is 0 Å². The molecule has 0 unspecified atom stereocenters. The Balaban J connectivity index is 1.73. The van der Waals surface area contributed by atoms with Crippen LogP contribution < -0.4 is 5.32 Å². The average Bonchev–Trinajstić information content (AvgIpc) is 2.73. The minimum atomic E-state index is -0.0921. The van der Waals surface area contributed by atoms with Crippen LogP contribution in [0.1, 0.15) is 40.0 Å². The molecule has 4 aromatic rings. The zero-order valence-corrected chi connectivity index (χ0v) is 16.9. The number of nitrogens with zero attached hydrogens (tertiary/aromatic N) is 1. The minimum Gasteiger partial charge on any atom is -0.345 e. The lowest BCUT2D eigenvalue weighted by atomic mass is 10.0. The van der Waals surface area contributed by atoms with E-state index in [1.807, 2.05) is 49.4 Å². The standard InChI is InChI=1S/C26H24N2O/c1-17-11-13-20(14-12-17)19(3)27-26(29)23-16-25(21-8-6-7-18(2)15-21)28-24-10-5-4-9-22(23)24/h4-16,19H,1-3H3,(H,27,29)/t19-/m1/s1. The molecule has 144 valence electrons.